The Morgan fingerprint density at radius 2 is 2.00 bits per heavy atom. The smallest absolute Gasteiger partial charge is 0.224 e. The summed E-state index contributed by atoms with van der Waals surface area (Å²) in [5, 5.41) is 9.39. The second-order valence-corrected chi connectivity index (χ2v) is 4.79. The van der Waals surface area contributed by atoms with Crippen LogP contribution in [0, 0.1) is 0 Å². The lowest BCUT2D eigenvalue weighted by molar-refractivity contribution is -0.132. The molecule has 1 saturated carbocycles. The summed E-state index contributed by atoms with van der Waals surface area (Å²) in [5.41, 5.74) is 0. The molecule has 1 atom stereocenters. The first kappa shape index (κ1) is 13.5. The fourth-order valence-corrected chi connectivity index (χ4v) is 1.63. The van der Waals surface area contributed by atoms with E-state index in [4.69, 9.17) is 0 Å². The molecule has 0 spiro atoms. The molecule has 16 heavy (non-hydrogen) atoms. The van der Waals surface area contributed by atoms with Gasteiger partial charge in [0.2, 0.25) is 5.91 Å². The molecule has 1 aliphatic rings. The monoisotopic (exact) mass is 228 g/mol. The summed E-state index contributed by atoms with van der Waals surface area (Å²) >= 11 is 0. The van der Waals surface area contributed by atoms with Gasteiger partial charge in [-0.2, -0.15) is 0 Å². The third kappa shape index (κ3) is 4.49. The summed E-state index contributed by atoms with van der Waals surface area (Å²) in [6, 6.07) is 0.740. The maximum Gasteiger partial charge on any atom is 0.224 e. The molecule has 0 aromatic heterocycles. The van der Waals surface area contributed by atoms with Crippen molar-refractivity contribution in [2.45, 2.75) is 44.8 Å². The molecule has 1 amide bonds. The second kappa shape index (κ2) is 6.21. The number of hydrogen-bond donors (Lipinski definition) is 1. The lowest BCUT2D eigenvalue weighted by Gasteiger charge is -2.22. The van der Waals surface area contributed by atoms with E-state index in [1.54, 1.807) is 4.90 Å². The van der Waals surface area contributed by atoms with Gasteiger partial charge in [0.25, 0.3) is 0 Å². The van der Waals surface area contributed by atoms with Gasteiger partial charge in [-0.3, -0.25) is 4.79 Å². The first-order chi connectivity index (χ1) is 7.54. The quantitative estimate of drug-likeness (QED) is 0.697. The highest BCUT2D eigenvalue weighted by molar-refractivity contribution is 5.76. The number of hydrogen-bond acceptors (Lipinski definition) is 3. The Labute approximate surface area is 98.2 Å². The average Bonchev–Trinajstić information content (AvgIpc) is 3.08. The average molecular weight is 228 g/mol. The fraction of sp³-hybridized carbons (Fsp3) is 0.917. The Morgan fingerprint density at radius 1 is 1.38 bits per heavy atom. The second-order valence-electron chi connectivity index (χ2n) is 4.79. The molecule has 1 unspecified atom stereocenters. The van der Waals surface area contributed by atoms with Gasteiger partial charge in [-0.1, -0.05) is 6.92 Å². The summed E-state index contributed by atoms with van der Waals surface area (Å²) in [4.78, 5) is 15.7. The maximum absolute atomic E-state index is 11.7. The summed E-state index contributed by atoms with van der Waals surface area (Å²) < 4.78 is 0. The van der Waals surface area contributed by atoms with Crippen LogP contribution in [0.25, 0.3) is 0 Å². The maximum atomic E-state index is 11.7. The first-order valence-corrected chi connectivity index (χ1v) is 6.16. The van der Waals surface area contributed by atoms with Crippen LogP contribution in [0.2, 0.25) is 0 Å². The van der Waals surface area contributed by atoms with Crippen molar-refractivity contribution >= 4 is 5.91 Å². The van der Waals surface area contributed by atoms with Crippen molar-refractivity contribution in [3.63, 3.8) is 0 Å². The zero-order valence-corrected chi connectivity index (χ0v) is 10.6. The minimum Gasteiger partial charge on any atom is -0.393 e. The summed E-state index contributed by atoms with van der Waals surface area (Å²) in [7, 11) is 3.92. The molecule has 1 aliphatic carbocycles. The zero-order valence-electron chi connectivity index (χ0n) is 10.6. The molecule has 4 nitrogen and oxygen atoms in total. The number of aliphatic hydroxyl groups excluding tert-OH is 1. The van der Waals surface area contributed by atoms with Crippen LogP contribution in [0.3, 0.4) is 0 Å². The van der Waals surface area contributed by atoms with Crippen LogP contribution < -0.4 is 0 Å². The van der Waals surface area contributed by atoms with Crippen LogP contribution in [0.15, 0.2) is 0 Å². The predicted molar refractivity (Wildman–Crippen MR) is 64.2 cm³/mol. The van der Waals surface area contributed by atoms with E-state index in [2.05, 4.69) is 11.9 Å². The molecule has 0 aromatic carbocycles. The van der Waals surface area contributed by atoms with E-state index in [-0.39, 0.29) is 12.3 Å². The Hall–Kier alpha value is -0.610. The lowest BCUT2D eigenvalue weighted by Crippen LogP contribution is -2.36. The number of aliphatic hydroxyl groups is 1. The van der Waals surface area contributed by atoms with Gasteiger partial charge in [-0.15, -0.1) is 0 Å². The van der Waals surface area contributed by atoms with Crippen molar-refractivity contribution in [3.05, 3.63) is 0 Å². The Bertz CT molecular complexity index is 229. The van der Waals surface area contributed by atoms with Crippen LogP contribution in [-0.2, 0) is 4.79 Å². The SMILES string of the molecule is CCC(O)CC(=O)N(C)CCN(C)C1CC1. The summed E-state index contributed by atoms with van der Waals surface area (Å²) in [6.45, 7) is 3.57. The van der Waals surface area contributed by atoms with E-state index in [1.807, 2.05) is 14.0 Å². The predicted octanol–water partition coefficient (Wildman–Crippen LogP) is 0.700. The van der Waals surface area contributed by atoms with E-state index >= 15 is 0 Å². The number of amides is 1. The number of rotatable bonds is 7. The van der Waals surface area contributed by atoms with Crippen LogP contribution in [0.5, 0.6) is 0 Å². The van der Waals surface area contributed by atoms with E-state index in [1.165, 1.54) is 12.8 Å². The minimum atomic E-state index is -0.490. The van der Waals surface area contributed by atoms with Crippen LogP contribution in [0.1, 0.15) is 32.6 Å². The van der Waals surface area contributed by atoms with E-state index < -0.39 is 6.10 Å². The van der Waals surface area contributed by atoms with Crippen molar-refractivity contribution in [2.24, 2.45) is 0 Å². The first-order valence-electron chi connectivity index (χ1n) is 6.16. The molecular formula is C12H24N2O2. The third-order valence-corrected chi connectivity index (χ3v) is 3.27. The van der Waals surface area contributed by atoms with Gasteiger partial charge >= 0.3 is 0 Å². The van der Waals surface area contributed by atoms with E-state index in [9.17, 15) is 9.90 Å². The molecule has 94 valence electrons. The summed E-state index contributed by atoms with van der Waals surface area (Å²) in [6.07, 6.45) is 2.99. The van der Waals surface area contributed by atoms with Gasteiger partial charge in [-0.25, -0.2) is 0 Å². The van der Waals surface area contributed by atoms with Gasteiger partial charge in [0, 0.05) is 26.2 Å². The van der Waals surface area contributed by atoms with Crippen molar-refractivity contribution in [2.75, 3.05) is 27.2 Å². The molecule has 1 fully saturated rings. The number of likely N-dealkylation sites (N-methyl/N-ethyl adjacent to an activating group) is 2. The summed E-state index contributed by atoms with van der Waals surface area (Å²) in [5.74, 6) is 0.0403. The standard InChI is InChI=1S/C12H24N2O2/c1-4-11(15)9-12(16)14(3)8-7-13(2)10-5-6-10/h10-11,15H,4-9H2,1-3H3. The lowest BCUT2D eigenvalue weighted by atomic mass is 10.2. The van der Waals surface area contributed by atoms with Gasteiger partial charge in [0.1, 0.15) is 0 Å². The number of nitrogens with zero attached hydrogens (tertiary/aromatic N) is 2. The van der Waals surface area contributed by atoms with E-state index in [0.717, 1.165) is 19.1 Å². The Balaban J connectivity index is 2.17. The molecule has 0 aromatic rings. The highest BCUT2D eigenvalue weighted by atomic mass is 16.3. The molecule has 0 saturated heterocycles. The van der Waals surface area contributed by atoms with Gasteiger partial charge in [0.05, 0.1) is 12.5 Å². The molecule has 4 heteroatoms. The highest BCUT2D eigenvalue weighted by Gasteiger charge is 2.26. The fourth-order valence-electron chi connectivity index (χ4n) is 1.63. The van der Waals surface area contributed by atoms with Crippen LogP contribution >= 0.6 is 0 Å². The molecule has 0 radical (unpaired) electrons. The Morgan fingerprint density at radius 3 is 2.50 bits per heavy atom. The topological polar surface area (TPSA) is 43.8 Å². The van der Waals surface area contributed by atoms with Crippen LogP contribution in [-0.4, -0.2) is 60.1 Å². The molecule has 1 N–H and O–H groups in total. The van der Waals surface area contributed by atoms with Crippen molar-refractivity contribution < 1.29 is 9.90 Å². The van der Waals surface area contributed by atoms with Crippen molar-refractivity contribution in [3.8, 4) is 0 Å². The Kier molecular flexibility index (Phi) is 5.22. The number of carbonyl (C=O) groups is 1. The minimum absolute atomic E-state index is 0.0403. The largest absolute Gasteiger partial charge is 0.393 e. The molecule has 0 heterocycles. The molecular weight excluding hydrogens is 204 g/mol. The van der Waals surface area contributed by atoms with Gasteiger partial charge in [-0.05, 0) is 26.3 Å². The zero-order chi connectivity index (χ0) is 12.1. The van der Waals surface area contributed by atoms with Gasteiger partial charge < -0.3 is 14.9 Å². The van der Waals surface area contributed by atoms with Crippen molar-refractivity contribution in [1.82, 2.24) is 9.80 Å². The molecule has 0 aliphatic heterocycles. The third-order valence-electron chi connectivity index (χ3n) is 3.27. The molecule has 0 bridgehead atoms. The number of carbonyl (C=O) groups excluding carboxylic acids is 1. The van der Waals surface area contributed by atoms with Gasteiger partial charge in [0.15, 0.2) is 0 Å². The van der Waals surface area contributed by atoms with Crippen LogP contribution in [0.4, 0.5) is 0 Å². The molecule has 1 rings (SSSR count). The normalized spacial score (nSPS) is 17.6. The highest BCUT2D eigenvalue weighted by Crippen LogP contribution is 2.24. The van der Waals surface area contributed by atoms with Crippen molar-refractivity contribution in [1.29, 1.82) is 0 Å². The van der Waals surface area contributed by atoms with E-state index in [0.29, 0.717) is 6.42 Å².